The van der Waals surface area contributed by atoms with E-state index in [9.17, 15) is 14.7 Å². The van der Waals surface area contributed by atoms with Crippen molar-refractivity contribution in [2.24, 2.45) is 0 Å². The number of aliphatic hydroxyl groups excluding tert-OH is 1. The van der Waals surface area contributed by atoms with Gasteiger partial charge in [-0.15, -0.1) is 23.2 Å². The average Bonchev–Trinajstić information content (AvgIpc) is 2.37. The van der Waals surface area contributed by atoms with E-state index in [1.54, 1.807) is 30.3 Å². The average molecular weight is 300 g/mol. The molecular formula is C13H11Cl2NO3. The van der Waals surface area contributed by atoms with Gasteiger partial charge in [0.1, 0.15) is 16.7 Å². The lowest BCUT2D eigenvalue weighted by molar-refractivity contribution is -0.120. The van der Waals surface area contributed by atoms with Crippen molar-refractivity contribution in [3.8, 4) is 0 Å². The summed E-state index contributed by atoms with van der Waals surface area (Å²) in [7, 11) is 0. The van der Waals surface area contributed by atoms with Gasteiger partial charge in [0.05, 0.1) is 5.38 Å². The zero-order valence-electron chi connectivity index (χ0n) is 9.77. The second kappa shape index (κ2) is 5.63. The molecule has 1 aromatic carbocycles. The van der Waals surface area contributed by atoms with E-state index in [-0.39, 0.29) is 12.0 Å². The van der Waals surface area contributed by atoms with E-state index in [0.717, 1.165) is 0 Å². The standard InChI is InChI=1S/C13H11Cl2NO3/c14-8-6-9(17)10(12(18)11(8)15)13(19)16-7-4-2-1-3-5-7/h1-5,8,11,18H,6H2,(H,16,19). The Balaban J connectivity index is 2.25. The maximum Gasteiger partial charge on any atom is 0.262 e. The van der Waals surface area contributed by atoms with Gasteiger partial charge in [-0.25, -0.2) is 0 Å². The van der Waals surface area contributed by atoms with Crippen molar-refractivity contribution in [1.29, 1.82) is 0 Å². The van der Waals surface area contributed by atoms with Gasteiger partial charge in [-0.2, -0.15) is 0 Å². The summed E-state index contributed by atoms with van der Waals surface area (Å²) in [5.74, 6) is -1.66. The van der Waals surface area contributed by atoms with Crippen LogP contribution in [0.3, 0.4) is 0 Å². The number of amides is 1. The van der Waals surface area contributed by atoms with Crippen LogP contribution in [0.2, 0.25) is 0 Å². The third-order valence-corrected chi connectivity index (χ3v) is 3.80. The molecule has 1 aliphatic rings. The minimum absolute atomic E-state index is 0.0721. The smallest absolute Gasteiger partial charge is 0.262 e. The van der Waals surface area contributed by atoms with Crippen LogP contribution >= 0.6 is 23.2 Å². The van der Waals surface area contributed by atoms with Crippen LogP contribution in [0.15, 0.2) is 41.7 Å². The summed E-state index contributed by atoms with van der Waals surface area (Å²) < 4.78 is 0. The fourth-order valence-corrected chi connectivity index (χ4v) is 2.25. The second-order valence-corrected chi connectivity index (χ2v) is 5.16. The highest BCUT2D eigenvalue weighted by Gasteiger charge is 2.37. The minimum atomic E-state index is -0.934. The molecule has 0 spiro atoms. The van der Waals surface area contributed by atoms with Crippen molar-refractivity contribution in [1.82, 2.24) is 0 Å². The summed E-state index contributed by atoms with van der Waals surface area (Å²) in [5.41, 5.74) is 0.209. The number of anilines is 1. The fraction of sp³-hybridized carbons (Fsp3) is 0.231. The Hall–Kier alpha value is -1.52. The summed E-state index contributed by atoms with van der Waals surface area (Å²) in [5, 5.41) is 10.7. The predicted octanol–water partition coefficient (Wildman–Crippen LogP) is 2.62. The summed E-state index contributed by atoms with van der Waals surface area (Å²) >= 11 is 11.7. The second-order valence-electron chi connectivity index (χ2n) is 4.13. The number of carbonyl (C=O) groups is 2. The van der Waals surface area contributed by atoms with Gasteiger partial charge in [0, 0.05) is 12.1 Å². The molecular weight excluding hydrogens is 289 g/mol. The van der Waals surface area contributed by atoms with E-state index in [0.29, 0.717) is 5.69 Å². The molecule has 0 fully saturated rings. The molecule has 100 valence electrons. The van der Waals surface area contributed by atoms with Gasteiger partial charge in [0.25, 0.3) is 5.91 Å². The Morgan fingerprint density at radius 3 is 2.53 bits per heavy atom. The van der Waals surface area contributed by atoms with E-state index in [4.69, 9.17) is 23.2 Å². The van der Waals surface area contributed by atoms with Crippen molar-refractivity contribution in [3.05, 3.63) is 41.7 Å². The first-order valence-corrected chi connectivity index (χ1v) is 6.49. The Morgan fingerprint density at radius 1 is 1.26 bits per heavy atom. The van der Waals surface area contributed by atoms with E-state index in [1.165, 1.54) is 0 Å². The Kier molecular flexibility index (Phi) is 4.12. The predicted molar refractivity (Wildman–Crippen MR) is 73.6 cm³/mol. The number of benzene rings is 1. The van der Waals surface area contributed by atoms with Crippen LogP contribution in [0.4, 0.5) is 5.69 Å². The molecule has 1 aromatic rings. The lowest BCUT2D eigenvalue weighted by atomic mass is 9.95. The third-order valence-electron chi connectivity index (χ3n) is 2.75. The summed E-state index contributed by atoms with van der Waals surface area (Å²) in [6, 6.07) is 8.62. The lowest BCUT2D eigenvalue weighted by Gasteiger charge is -2.23. The van der Waals surface area contributed by atoms with Gasteiger partial charge in [-0.05, 0) is 12.1 Å². The van der Waals surface area contributed by atoms with Crippen LogP contribution in [-0.2, 0) is 9.59 Å². The van der Waals surface area contributed by atoms with Crippen molar-refractivity contribution < 1.29 is 14.7 Å². The van der Waals surface area contributed by atoms with Gasteiger partial charge in [-0.1, -0.05) is 18.2 Å². The topological polar surface area (TPSA) is 66.4 Å². The summed E-state index contributed by atoms with van der Waals surface area (Å²) in [6.07, 6.45) is -0.0721. The molecule has 0 heterocycles. The number of ketones is 1. The van der Waals surface area contributed by atoms with Gasteiger partial charge >= 0.3 is 0 Å². The summed E-state index contributed by atoms with van der Waals surface area (Å²) in [6.45, 7) is 0. The zero-order chi connectivity index (χ0) is 14.0. The first-order chi connectivity index (χ1) is 9.00. The number of carbonyl (C=O) groups excluding carboxylic acids is 2. The van der Waals surface area contributed by atoms with Crippen molar-refractivity contribution in [2.75, 3.05) is 5.32 Å². The molecule has 1 aliphatic carbocycles. The number of nitrogens with one attached hydrogen (secondary N) is 1. The number of hydrogen-bond donors (Lipinski definition) is 2. The van der Waals surface area contributed by atoms with Crippen LogP contribution in [0, 0.1) is 0 Å². The molecule has 0 aromatic heterocycles. The van der Waals surface area contributed by atoms with Crippen molar-refractivity contribution in [3.63, 3.8) is 0 Å². The molecule has 0 aliphatic heterocycles. The van der Waals surface area contributed by atoms with Crippen LogP contribution in [0.5, 0.6) is 0 Å². The molecule has 6 heteroatoms. The highest BCUT2D eigenvalue weighted by atomic mass is 35.5. The van der Waals surface area contributed by atoms with E-state index in [2.05, 4.69) is 5.32 Å². The Morgan fingerprint density at radius 2 is 1.89 bits per heavy atom. The number of Topliss-reactive ketones (excluding diaryl/α,β-unsaturated/α-hetero) is 1. The van der Waals surface area contributed by atoms with Crippen LogP contribution in [-0.4, -0.2) is 27.6 Å². The highest BCUT2D eigenvalue weighted by Crippen LogP contribution is 2.29. The number of aliphatic hydroxyl groups is 1. The maximum atomic E-state index is 12.0. The monoisotopic (exact) mass is 299 g/mol. The number of alkyl halides is 2. The van der Waals surface area contributed by atoms with Gasteiger partial charge in [0.15, 0.2) is 5.78 Å². The molecule has 19 heavy (non-hydrogen) atoms. The molecule has 2 unspecified atom stereocenters. The zero-order valence-corrected chi connectivity index (χ0v) is 11.3. The van der Waals surface area contributed by atoms with Crippen LogP contribution in [0.25, 0.3) is 0 Å². The molecule has 0 bridgehead atoms. The van der Waals surface area contributed by atoms with Gasteiger partial charge in [-0.3, -0.25) is 9.59 Å². The first kappa shape index (κ1) is 13.9. The molecule has 0 saturated heterocycles. The molecule has 2 N–H and O–H groups in total. The minimum Gasteiger partial charge on any atom is -0.510 e. The molecule has 2 atom stereocenters. The SMILES string of the molecule is O=C1CC(Cl)C(Cl)C(O)=C1C(=O)Nc1ccccc1. The molecule has 4 nitrogen and oxygen atoms in total. The Labute approximate surface area is 120 Å². The number of allylic oxidation sites excluding steroid dienone is 1. The molecule has 1 amide bonds. The summed E-state index contributed by atoms with van der Waals surface area (Å²) in [4.78, 5) is 23.8. The number of halogens is 2. The molecule has 2 rings (SSSR count). The first-order valence-electron chi connectivity index (χ1n) is 5.61. The Bertz CT molecular complexity index is 542. The third kappa shape index (κ3) is 2.91. The van der Waals surface area contributed by atoms with Crippen molar-refractivity contribution in [2.45, 2.75) is 17.2 Å². The fourth-order valence-electron chi connectivity index (χ4n) is 1.79. The molecule has 0 radical (unpaired) electrons. The molecule has 0 saturated carbocycles. The van der Waals surface area contributed by atoms with E-state index < -0.39 is 28.2 Å². The van der Waals surface area contributed by atoms with Crippen LogP contribution < -0.4 is 5.32 Å². The van der Waals surface area contributed by atoms with Gasteiger partial charge < -0.3 is 10.4 Å². The van der Waals surface area contributed by atoms with Crippen molar-refractivity contribution >= 4 is 40.6 Å². The van der Waals surface area contributed by atoms with Crippen LogP contribution in [0.1, 0.15) is 6.42 Å². The number of rotatable bonds is 2. The number of hydrogen-bond acceptors (Lipinski definition) is 3. The highest BCUT2D eigenvalue weighted by molar-refractivity contribution is 6.36. The van der Waals surface area contributed by atoms with E-state index in [1.807, 2.05) is 0 Å². The van der Waals surface area contributed by atoms with E-state index >= 15 is 0 Å². The maximum absolute atomic E-state index is 12.0. The van der Waals surface area contributed by atoms with Gasteiger partial charge in [0.2, 0.25) is 0 Å². The normalized spacial score (nSPS) is 23.4. The largest absolute Gasteiger partial charge is 0.510 e. The lowest BCUT2D eigenvalue weighted by Crippen LogP contribution is -2.34. The quantitative estimate of drug-likeness (QED) is 0.652. The number of para-hydroxylation sites is 1.